The van der Waals surface area contributed by atoms with Crippen molar-refractivity contribution in [2.24, 2.45) is 17.1 Å². The van der Waals surface area contributed by atoms with Crippen LogP contribution in [0.4, 0.5) is 0 Å². The summed E-state index contributed by atoms with van der Waals surface area (Å²) in [7, 11) is 0. The van der Waals surface area contributed by atoms with E-state index in [1.165, 1.54) is 19.3 Å². The lowest BCUT2D eigenvalue weighted by Gasteiger charge is -2.57. The van der Waals surface area contributed by atoms with E-state index in [2.05, 4.69) is 12.2 Å². The van der Waals surface area contributed by atoms with E-state index in [-0.39, 0.29) is 17.4 Å². The van der Waals surface area contributed by atoms with Gasteiger partial charge in [-0.3, -0.25) is 4.79 Å². The number of hydrogen-bond acceptors (Lipinski definition) is 4. The fourth-order valence-corrected chi connectivity index (χ4v) is 3.88. The summed E-state index contributed by atoms with van der Waals surface area (Å²) in [5, 5.41) is 2.95. The maximum atomic E-state index is 12.5. The summed E-state index contributed by atoms with van der Waals surface area (Å²) >= 11 is 0. The Bertz CT molecular complexity index is 413. The van der Waals surface area contributed by atoms with Crippen LogP contribution in [0.1, 0.15) is 59.8 Å². The lowest BCUT2D eigenvalue weighted by atomic mass is 9.54. The minimum absolute atomic E-state index is 0.0580. The zero-order valence-corrected chi connectivity index (χ0v) is 15.2. The summed E-state index contributed by atoms with van der Waals surface area (Å²) in [6.07, 6.45) is 5.93. The van der Waals surface area contributed by atoms with E-state index < -0.39 is 5.54 Å². The summed E-state index contributed by atoms with van der Waals surface area (Å²) in [5.74, 6) is 0.538. The molecule has 5 nitrogen and oxygen atoms in total. The van der Waals surface area contributed by atoms with Gasteiger partial charge >= 0.3 is 0 Å². The molecule has 2 fully saturated rings. The Morgan fingerprint density at radius 3 is 2.57 bits per heavy atom. The van der Waals surface area contributed by atoms with E-state index in [1.54, 1.807) is 0 Å². The highest BCUT2D eigenvalue weighted by Crippen LogP contribution is 2.49. The minimum Gasteiger partial charge on any atom is -0.378 e. The molecule has 2 saturated carbocycles. The van der Waals surface area contributed by atoms with Crippen LogP contribution in [-0.2, 0) is 14.3 Å². The van der Waals surface area contributed by atoms with E-state index in [9.17, 15) is 4.79 Å². The number of nitrogens with one attached hydrogen (secondary N) is 1. The van der Waals surface area contributed by atoms with Crippen LogP contribution in [0, 0.1) is 11.3 Å². The zero-order valence-electron chi connectivity index (χ0n) is 15.2. The second-order valence-electron chi connectivity index (χ2n) is 7.77. The van der Waals surface area contributed by atoms with Crippen LogP contribution in [0.5, 0.6) is 0 Å². The number of nitrogens with two attached hydrogens (primary N) is 1. The van der Waals surface area contributed by atoms with Crippen molar-refractivity contribution in [3.8, 4) is 0 Å². The molecule has 4 atom stereocenters. The van der Waals surface area contributed by atoms with Gasteiger partial charge in [0.2, 0.25) is 5.91 Å². The quantitative estimate of drug-likeness (QED) is 0.704. The number of ether oxygens (including phenoxy) is 2. The number of rotatable bonds is 7. The molecule has 2 aliphatic carbocycles. The molecule has 0 aromatic carbocycles. The Kier molecular flexibility index (Phi) is 6.09. The number of carbonyl (C=O) groups is 1. The Hall–Kier alpha value is -0.650. The van der Waals surface area contributed by atoms with Gasteiger partial charge in [-0.15, -0.1) is 0 Å². The molecule has 0 aromatic heterocycles. The van der Waals surface area contributed by atoms with Crippen molar-refractivity contribution in [2.45, 2.75) is 77.5 Å². The number of carbonyl (C=O) groups excluding carboxylic acids is 1. The Morgan fingerprint density at radius 2 is 1.96 bits per heavy atom. The topological polar surface area (TPSA) is 73.6 Å². The molecule has 0 heterocycles. The van der Waals surface area contributed by atoms with Gasteiger partial charge in [-0.05, 0) is 25.7 Å². The molecule has 4 unspecified atom stereocenters. The maximum absolute atomic E-state index is 12.5. The second-order valence-corrected chi connectivity index (χ2v) is 7.77. The molecule has 0 bridgehead atoms. The Labute approximate surface area is 140 Å². The summed E-state index contributed by atoms with van der Waals surface area (Å²) in [6, 6.07) is 0. The van der Waals surface area contributed by atoms with Crippen molar-refractivity contribution >= 4 is 5.91 Å². The van der Waals surface area contributed by atoms with Crippen LogP contribution in [-0.4, -0.2) is 43.4 Å². The lowest BCUT2D eigenvalue weighted by molar-refractivity contribution is -0.170. The first-order valence-corrected chi connectivity index (χ1v) is 9.13. The summed E-state index contributed by atoms with van der Waals surface area (Å²) in [4.78, 5) is 12.5. The highest BCUT2D eigenvalue weighted by Gasteiger charge is 2.62. The molecule has 134 valence electrons. The Balaban J connectivity index is 1.72. The van der Waals surface area contributed by atoms with Crippen LogP contribution in [0.3, 0.4) is 0 Å². The van der Waals surface area contributed by atoms with Gasteiger partial charge in [-0.25, -0.2) is 0 Å². The highest BCUT2D eigenvalue weighted by atomic mass is 16.5. The van der Waals surface area contributed by atoms with Gasteiger partial charge in [0.15, 0.2) is 0 Å². The first kappa shape index (κ1) is 18.7. The molecule has 0 radical (unpaired) electrons. The summed E-state index contributed by atoms with van der Waals surface area (Å²) in [6.45, 7) is 9.98. The van der Waals surface area contributed by atoms with Crippen molar-refractivity contribution in [3.63, 3.8) is 0 Å². The SMILES string of the molecule is CCOC1CC(N)(C(=O)NCCOC2CCCCC2C)C1(C)C. The van der Waals surface area contributed by atoms with Crippen molar-refractivity contribution in [1.29, 1.82) is 0 Å². The average molecular weight is 326 g/mol. The third kappa shape index (κ3) is 3.72. The number of amides is 1. The first-order valence-electron chi connectivity index (χ1n) is 9.13. The third-order valence-electron chi connectivity index (χ3n) is 5.99. The molecule has 3 N–H and O–H groups in total. The summed E-state index contributed by atoms with van der Waals surface area (Å²) < 4.78 is 11.6. The van der Waals surface area contributed by atoms with E-state index in [0.717, 1.165) is 6.42 Å². The third-order valence-corrected chi connectivity index (χ3v) is 5.99. The van der Waals surface area contributed by atoms with E-state index in [4.69, 9.17) is 15.2 Å². The molecule has 0 aromatic rings. The van der Waals surface area contributed by atoms with Crippen LogP contribution >= 0.6 is 0 Å². The molecule has 0 saturated heterocycles. The molecule has 0 spiro atoms. The fourth-order valence-electron chi connectivity index (χ4n) is 3.88. The second kappa shape index (κ2) is 7.49. The normalized spacial score (nSPS) is 36.3. The minimum atomic E-state index is -0.842. The van der Waals surface area contributed by atoms with Crippen LogP contribution in [0.15, 0.2) is 0 Å². The molecule has 23 heavy (non-hydrogen) atoms. The predicted octanol–water partition coefficient (Wildman–Crippen LogP) is 2.23. The van der Waals surface area contributed by atoms with E-state index in [1.807, 2.05) is 20.8 Å². The molecule has 0 aliphatic heterocycles. The average Bonchev–Trinajstić information content (AvgIpc) is 2.52. The van der Waals surface area contributed by atoms with E-state index >= 15 is 0 Å². The lowest BCUT2D eigenvalue weighted by Crippen LogP contribution is -2.75. The smallest absolute Gasteiger partial charge is 0.240 e. The molecule has 5 heteroatoms. The van der Waals surface area contributed by atoms with Gasteiger partial charge in [-0.2, -0.15) is 0 Å². The molecule has 1 amide bonds. The van der Waals surface area contributed by atoms with Crippen molar-refractivity contribution < 1.29 is 14.3 Å². The molecule has 2 rings (SSSR count). The van der Waals surface area contributed by atoms with Gasteiger partial charge in [0.25, 0.3) is 0 Å². The Morgan fingerprint density at radius 1 is 1.26 bits per heavy atom. The largest absolute Gasteiger partial charge is 0.378 e. The zero-order chi connectivity index (χ0) is 17.1. The maximum Gasteiger partial charge on any atom is 0.240 e. The van der Waals surface area contributed by atoms with Gasteiger partial charge in [-0.1, -0.05) is 33.6 Å². The van der Waals surface area contributed by atoms with Crippen molar-refractivity contribution in [3.05, 3.63) is 0 Å². The van der Waals surface area contributed by atoms with Gasteiger partial charge in [0, 0.05) is 25.0 Å². The van der Waals surface area contributed by atoms with E-state index in [0.29, 0.717) is 38.2 Å². The molecular weight excluding hydrogens is 292 g/mol. The van der Waals surface area contributed by atoms with Crippen LogP contribution < -0.4 is 11.1 Å². The number of hydrogen-bond donors (Lipinski definition) is 2. The highest BCUT2D eigenvalue weighted by molar-refractivity contribution is 5.88. The van der Waals surface area contributed by atoms with Crippen molar-refractivity contribution in [2.75, 3.05) is 19.8 Å². The monoisotopic (exact) mass is 326 g/mol. The standard InChI is InChI=1S/C18H34N2O3/c1-5-22-15-12-18(19,17(15,3)4)16(21)20-10-11-23-14-9-7-6-8-13(14)2/h13-15H,5-12,19H2,1-4H3,(H,20,21). The van der Waals surface area contributed by atoms with Gasteiger partial charge in [0.05, 0.1) is 18.8 Å². The predicted molar refractivity (Wildman–Crippen MR) is 91.1 cm³/mol. The molecular formula is C18H34N2O3. The van der Waals surface area contributed by atoms with Gasteiger partial charge < -0.3 is 20.5 Å². The van der Waals surface area contributed by atoms with Gasteiger partial charge in [0.1, 0.15) is 5.54 Å². The van der Waals surface area contributed by atoms with Crippen molar-refractivity contribution in [1.82, 2.24) is 5.32 Å². The molecule has 2 aliphatic rings. The first-order chi connectivity index (χ1) is 10.8. The van der Waals surface area contributed by atoms with Crippen LogP contribution in [0.25, 0.3) is 0 Å². The summed E-state index contributed by atoms with van der Waals surface area (Å²) in [5.41, 5.74) is 5.18. The fraction of sp³-hybridized carbons (Fsp3) is 0.944. The van der Waals surface area contributed by atoms with Crippen LogP contribution in [0.2, 0.25) is 0 Å².